The molecule has 34 heavy (non-hydrogen) atoms. The van der Waals surface area contributed by atoms with Crippen molar-refractivity contribution in [3.05, 3.63) is 51.7 Å². The second-order valence-corrected chi connectivity index (χ2v) is 8.59. The second kappa shape index (κ2) is 12.2. The largest absolute Gasteiger partial charge is 0.493 e. The molecule has 0 aliphatic rings. The topological polar surface area (TPSA) is 114 Å². The molecule has 0 amide bonds. The highest BCUT2D eigenvalue weighted by atomic mass is 16.5. The van der Waals surface area contributed by atoms with Crippen LogP contribution in [-0.4, -0.2) is 28.8 Å². The van der Waals surface area contributed by atoms with Crippen LogP contribution in [0.2, 0.25) is 0 Å². The predicted molar refractivity (Wildman–Crippen MR) is 131 cm³/mol. The van der Waals surface area contributed by atoms with Crippen LogP contribution in [0.15, 0.2) is 39.5 Å². The summed E-state index contributed by atoms with van der Waals surface area (Å²) in [6.07, 6.45) is 9.44. The number of rotatable bonds is 14. The molecule has 1 aromatic heterocycles. The van der Waals surface area contributed by atoms with Crippen molar-refractivity contribution in [1.29, 1.82) is 0 Å². The fourth-order valence-electron chi connectivity index (χ4n) is 4.11. The Morgan fingerprint density at radius 2 is 1.65 bits per heavy atom. The Hall–Kier alpha value is -3.35. The molecular formula is C27H32O7. The van der Waals surface area contributed by atoms with Crippen LogP contribution in [0.25, 0.3) is 21.9 Å². The Labute approximate surface area is 198 Å². The van der Waals surface area contributed by atoms with Gasteiger partial charge < -0.3 is 19.4 Å². The quantitative estimate of drug-likeness (QED) is 0.214. The average molecular weight is 469 g/mol. The molecule has 0 saturated carbocycles. The lowest BCUT2D eigenvalue weighted by Crippen LogP contribution is -2.08. The van der Waals surface area contributed by atoms with E-state index in [2.05, 4.69) is 6.92 Å². The maximum absolute atomic E-state index is 13.1. The first-order chi connectivity index (χ1) is 16.4. The molecule has 0 aliphatic heterocycles. The highest BCUT2D eigenvalue weighted by molar-refractivity contribution is 6.03. The fraction of sp³-hybridized carbons (Fsp3) is 0.444. The number of fused-ring (bicyclic) bond motifs is 2. The van der Waals surface area contributed by atoms with Gasteiger partial charge in [0, 0.05) is 12.5 Å². The summed E-state index contributed by atoms with van der Waals surface area (Å²) in [6, 6.07) is 7.61. The van der Waals surface area contributed by atoms with Crippen molar-refractivity contribution in [1.82, 2.24) is 0 Å². The molecule has 2 N–H and O–H groups in total. The summed E-state index contributed by atoms with van der Waals surface area (Å²) < 4.78 is 11.8. The SMILES string of the molecule is CCCCCCCCCCOc1cc2oc3c(C(=O)O)cccc3c(=O)c2cc1CCC(=O)O. The molecule has 0 saturated heterocycles. The number of benzene rings is 2. The standard InChI is InChI=1S/C27H32O7/c1-2-3-4-5-6-7-8-9-15-33-22-17-23-21(16-18(22)13-14-24(28)29)25(30)19-11-10-12-20(27(31)32)26(19)34-23/h10-12,16-17H,2-9,13-15H2,1H3,(H,28,29)(H,31,32). The first-order valence-electron chi connectivity index (χ1n) is 12.0. The molecule has 3 aromatic rings. The van der Waals surface area contributed by atoms with E-state index in [4.69, 9.17) is 14.3 Å². The third-order valence-corrected chi connectivity index (χ3v) is 5.97. The van der Waals surface area contributed by atoms with Gasteiger partial charge >= 0.3 is 11.9 Å². The molecule has 7 nitrogen and oxygen atoms in total. The van der Waals surface area contributed by atoms with Crippen molar-refractivity contribution in [2.75, 3.05) is 6.61 Å². The fourth-order valence-corrected chi connectivity index (χ4v) is 4.11. The molecule has 0 fully saturated rings. The van der Waals surface area contributed by atoms with E-state index < -0.39 is 11.9 Å². The maximum Gasteiger partial charge on any atom is 0.339 e. The van der Waals surface area contributed by atoms with Gasteiger partial charge in [-0.15, -0.1) is 0 Å². The van der Waals surface area contributed by atoms with Crippen molar-refractivity contribution >= 4 is 33.9 Å². The molecular weight excluding hydrogens is 436 g/mol. The van der Waals surface area contributed by atoms with Gasteiger partial charge in [-0.2, -0.15) is 0 Å². The smallest absolute Gasteiger partial charge is 0.339 e. The third-order valence-electron chi connectivity index (χ3n) is 5.97. The average Bonchev–Trinajstić information content (AvgIpc) is 2.81. The van der Waals surface area contributed by atoms with Crippen LogP contribution in [0.3, 0.4) is 0 Å². The zero-order chi connectivity index (χ0) is 24.5. The Kier molecular flexibility index (Phi) is 9.08. The first-order valence-corrected chi connectivity index (χ1v) is 12.0. The van der Waals surface area contributed by atoms with Gasteiger partial charge in [-0.3, -0.25) is 9.59 Å². The molecule has 0 aliphatic carbocycles. The van der Waals surface area contributed by atoms with Gasteiger partial charge in [0.05, 0.1) is 17.4 Å². The Bertz CT molecular complexity index is 1210. The summed E-state index contributed by atoms with van der Waals surface area (Å²) in [7, 11) is 0. The number of ether oxygens (including phenoxy) is 1. The van der Waals surface area contributed by atoms with Gasteiger partial charge in [-0.05, 0) is 36.6 Å². The Morgan fingerprint density at radius 3 is 2.32 bits per heavy atom. The van der Waals surface area contributed by atoms with Gasteiger partial charge in [0.15, 0.2) is 5.58 Å². The van der Waals surface area contributed by atoms with E-state index in [-0.39, 0.29) is 45.8 Å². The number of hydrogen-bond donors (Lipinski definition) is 2. The summed E-state index contributed by atoms with van der Waals surface area (Å²) >= 11 is 0. The maximum atomic E-state index is 13.1. The van der Waals surface area contributed by atoms with Crippen LogP contribution in [0, 0.1) is 0 Å². The van der Waals surface area contributed by atoms with E-state index in [9.17, 15) is 19.5 Å². The number of unbranched alkanes of at least 4 members (excludes halogenated alkanes) is 7. The van der Waals surface area contributed by atoms with Crippen LogP contribution >= 0.6 is 0 Å². The number of carbonyl (C=O) groups is 2. The van der Waals surface area contributed by atoms with E-state index in [1.165, 1.54) is 50.3 Å². The van der Waals surface area contributed by atoms with Crippen LogP contribution in [0.4, 0.5) is 0 Å². The van der Waals surface area contributed by atoms with Crippen molar-refractivity contribution in [2.24, 2.45) is 0 Å². The summed E-state index contributed by atoms with van der Waals surface area (Å²) in [5.74, 6) is -1.66. The Balaban J connectivity index is 1.83. The van der Waals surface area contributed by atoms with Crippen molar-refractivity contribution in [3.8, 4) is 5.75 Å². The normalized spacial score (nSPS) is 11.2. The monoisotopic (exact) mass is 468 g/mol. The summed E-state index contributed by atoms with van der Waals surface area (Å²) in [5, 5.41) is 19.0. The van der Waals surface area contributed by atoms with Crippen LogP contribution in [0.1, 0.15) is 80.6 Å². The molecule has 3 rings (SSSR count). The zero-order valence-corrected chi connectivity index (χ0v) is 19.6. The molecule has 0 radical (unpaired) electrons. The number of aryl methyl sites for hydroxylation is 1. The van der Waals surface area contributed by atoms with E-state index in [0.29, 0.717) is 17.9 Å². The number of aromatic carboxylic acids is 1. The van der Waals surface area contributed by atoms with Gasteiger partial charge in [0.25, 0.3) is 0 Å². The third kappa shape index (κ3) is 6.37. The summed E-state index contributed by atoms with van der Waals surface area (Å²) in [5.41, 5.74) is 0.407. The van der Waals surface area contributed by atoms with Gasteiger partial charge in [-0.25, -0.2) is 4.79 Å². The Morgan fingerprint density at radius 1 is 0.941 bits per heavy atom. The minimum atomic E-state index is -1.18. The lowest BCUT2D eigenvalue weighted by molar-refractivity contribution is -0.136. The highest BCUT2D eigenvalue weighted by Crippen LogP contribution is 2.29. The van der Waals surface area contributed by atoms with E-state index in [0.717, 1.165) is 19.3 Å². The minimum absolute atomic E-state index is 0.0137. The first kappa shape index (κ1) is 25.3. The van der Waals surface area contributed by atoms with Gasteiger partial charge in [0.2, 0.25) is 5.43 Å². The van der Waals surface area contributed by atoms with Crippen LogP contribution in [0.5, 0.6) is 5.75 Å². The van der Waals surface area contributed by atoms with Gasteiger partial charge in [0.1, 0.15) is 16.9 Å². The molecule has 0 unspecified atom stereocenters. The molecule has 2 aromatic carbocycles. The lowest BCUT2D eigenvalue weighted by atomic mass is 10.0. The summed E-state index contributed by atoms with van der Waals surface area (Å²) in [4.78, 5) is 35.8. The number of carboxylic acids is 2. The highest BCUT2D eigenvalue weighted by Gasteiger charge is 2.18. The zero-order valence-electron chi connectivity index (χ0n) is 19.6. The molecule has 7 heteroatoms. The van der Waals surface area contributed by atoms with Crippen molar-refractivity contribution in [2.45, 2.75) is 71.1 Å². The minimum Gasteiger partial charge on any atom is -0.493 e. The number of carboxylic acid groups (broad SMARTS) is 2. The number of para-hydroxylation sites is 1. The van der Waals surface area contributed by atoms with E-state index >= 15 is 0 Å². The number of hydrogen-bond acceptors (Lipinski definition) is 5. The predicted octanol–water partition coefficient (Wildman–Crippen LogP) is 6.18. The lowest BCUT2D eigenvalue weighted by Gasteiger charge is -2.13. The molecule has 182 valence electrons. The van der Waals surface area contributed by atoms with Crippen LogP contribution in [-0.2, 0) is 11.2 Å². The van der Waals surface area contributed by atoms with E-state index in [1.807, 2.05) is 0 Å². The molecule has 0 spiro atoms. The van der Waals surface area contributed by atoms with Crippen molar-refractivity contribution < 1.29 is 29.0 Å². The summed E-state index contributed by atoms with van der Waals surface area (Å²) in [6.45, 7) is 2.67. The molecule has 1 heterocycles. The van der Waals surface area contributed by atoms with Gasteiger partial charge in [-0.1, -0.05) is 57.9 Å². The van der Waals surface area contributed by atoms with Crippen LogP contribution < -0.4 is 10.2 Å². The number of aliphatic carboxylic acids is 1. The van der Waals surface area contributed by atoms with Crippen molar-refractivity contribution in [3.63, 3.8) is 0 Å². The van der Waals surface area contributed by atoms with E-state index in [1.54, 1.807) is 12.1 Å². The molecule has 0 atom stereocenters. The second-order valence-electron chi connectivity index (χ2n) is 8.59. The molecule has 0 bridgehead atoms.